The number of hydrogen-bond donors (Lipinski definition) is 0. The van der Waals surface area contributed by atoms with Gasteiger partial charge in [-0.2, -0.15) is 0 Å². The Kier molecular flexibility index (Phi) is 2.52. The zero-order valence-corrected chi connectivity index (χ0v) is 9.82. The molecule has 0 aliphatic carbocycles. The summed E-state index contributed by atoms with van der Waals surface area (Å²) in [4.78, 5) is 2.35. The van der Waals surface area contributed by atoms with Crippen molar-refractivity contribution in [2.45, 2.75) is 13.3 Å². The van der Waals surface area contributed by atoms with Gasteiger partial charge in [0.05, 0.1) is 5.02 Å². The van der Waals surface area contributed by atoms with Crippen molar-refractivity contribution in [3.05, 3.63) is 27.2 Å². The first kappa shape index (κ1) is 9.35. The average molecular weight is 261 g/mol. The fraction of sp³-hybridized carbons (Fsp3) is 0.400. The van der Waals surface area contributed by atoms with E-state index >= 15 is 0 Å². The monoisotopic (exact) mass is 259 g/mol. The lowest BCUT2D eigenvalue weighted by molar-refractivity contribution is 0.868. The first-order chi connectivity index (χ1) is 6.24. The van der Waals surface area contributed by atoms with Crippen LogP contribution in [0.25, 0.3) is 0 Å². The Bertz CT molecular complexity index is 338. The molecule has 0 N–H and O–H groups in total. The SMILES string of the molecule is CCN1CCc2c1ccc(Br)c2Cl. The minimum Gasteiger partial charge on any atom is -0.371 e. The molecule has 0 saturated carbocycles. The fourth-order valence-corrected chi connectivity index (χ4v) is 2.44. The fourth-order valence-electron chi connectivity index (χ4n) is 1.81. The Morgan fingerprint density at radius 1 is 1.54 bits per heavy atom. The standard InChI is InChI=1S/C10H11BrClN/c1-2-13-6-5-7-9(13)4-3-8(11)10(7)12/h3-4H,2,5-6H2,1H3. The lowest BCUT2D eigenvalue weighted by Gasteiger charge is -2.16. The Hall–Kier alpha value is -0.210. The van der Waals surface area contributed by atoms with Gasteiger partial charge in [-0.25, -0.2) is 0 Å². The van der Waals surface area contributed by atoms with Crippen LogP contribution in [-0.4, -0.2) is 13.1 Å². The first-order valence-electron chi connectivity index (χ1n) is 4.46. The number of hydrogen-bond acceptors (Lipinski definition) is 1. The van der Waals surface area contributed by atoms with Crippen LogP contribution in [0.1, 0.15) is 12.5 Å². The van der Waals surface area contributed by atoms with E-state index in [1.54, 1.807) is 0 Å². The minimum absolute atomic E-state index is 0.883. The smallest absolute Gasteiger partial charge is 0.0601 e. The molecule has 1 nitrogen and oxygen atoms in total. The summed E-state index contributed by atoms with van der Waals surface area (Å²) in [6.07, 6.45) is 1.07. The maximum Gasteiger partial charge on any atom is 0.0601 e. The maximum atomic E-state index is 6.19. The summed E-state index contributed by atoms with van der Waals surface area (Å²) in [5.74, 6) is 0. The Morgan fingerprint density at radius 2 is 2.31 bits per heavy atom. The van der Waals surface area contributed by atoms with Crippen molar-refractivity contribution in [1.82, 2.24) is 0 Å². The quantitative estimate of drug-likeness (QED) is 0.747. The van der Waals surface area contributed by atoms with E-state index in [0.29, 0.717) is 0 Å². The number of likely N-dealkylation sites (N-methyl/N-ethyl adjacent to an activating group) is 1. The molecule has 0 fully saturated rings. The summed E-state index contributed by atoms with van der Waals surface area (Å²) in [5.41, 5.74) is 2.59. The summed E-state index contributed by atoms with van der Waals surface area (Å²) in [5, 5.41) is 0.883. The molecular formula is C10H11BrClN. The van der Waals surface area contributed by atoms with Crippen molar-refractivity contribution >= 4 is 33.2 Å². The van der Waals surface area contributed by atoms with E-state index in [9.17, 15) is 0 Å². The van der Waals surface area contributed by atoms with E-state index in [0.717, 1.165) is 29.0 Å². The molecule has 0 bridgehead atoms. The molecule has 1 aromatic rings. The van der Waals surface area contributed by atoms with Gasteiger partial charge in [-0.15, -0.1) is 0 Å². The number of nitrogens with zero attached hydrogens (tertiary/aromatic N) is 1. The molecule has 0 aromatic heterocycles. The van der Waals surface area contributed by atoms with Crippen LogP contribution < -0.4 is 4.90 Å². The molecule has 1 aromatic carbocycles. The summed E-state index contributed by atoms with van der Waals surface area (Å²) >= 11 is 9.63. The van der Waals surface area contributed by atoms with Crippen LogP contribution in [0.4, 0.5) is 5.69 Å². The molecule has 0 amide bonds. The number of benzene rings is 1. The topological polar surface area (TPSA) is 3.24 Å². The molecule has 0 radical (unpaired) electrons. The molecule has 70 valence electrons. The third kappa shape index (κ3) is 1.46. The average Bonchev–Trinajstić information content (AvgIpc) is 2.55. The third-order valence-corrected chi connectivity index (χ3v) is 3.85. The molecule has 3 heteroatoms. The molecule has 0 atom stereocenters. The number of rotatable bonds is 1. The molecule has 1 aliphatic heterocycles. The van der Waals surface area contributed by atoms with Gasteiger partial charge in [0.1, 0.15) is 0 Å². The van der Waals surface area contributed by atoms with Crippen molar-refractivity contribution in [2.75, 3.05) is 18.0 Å². The molecule has 2 rings (SSSR count). The lowest BCUT2D eigenvalue weighted by atomic mass is 10.2. The van der Waals surface area contributed by atoms with Crippen LogP contribution in [-0.2, 0) is 6.42 Å². The summed E-state index contributed by atoms with van der Waals surface area (Å²) in [7, 11) is 0. The highest BCUT2D eigenvalue weighted by Crippen LogP contribution is 2.37. The van der Waals surface area contributed by atoms with Gasteiger partial charge in [-0.1, -0.05) is 11.6 Å². The number of anilines is 1. The van der Waals surface area contributed by atoms with Crippen molar-refractivity contribution in [3.63, 3.8) is 0 Å². The van der Waals surface area contributed by atoms with Gasteiger partial charge >= 0.3 is 0 Å². The zero-order chi connectivity index (χ0) is 9.42. The minimum atomic E-state index is 0.883. The predicted octanol–water partition coefficient (Wildman–Crippen LogP) is 3.48. The molecule has 1 heterocycles. The summed E-state index contributed by atoms with van der Waals surface area (Å²) in [6, 6.07) is 4.16. The second-order valence-electron chi connectivity index (χ2n) is 3.19. The number of halogens is 2. The van der Waals surface area contributed by atoms with Gasteiger partial charge < -0.3 is 4.90 Å². The molecule has 0 unspecified atom stereocenters. The van der Waals surface area contributed by atoms with E-state index in [1.807, 2.05) is 6.07 Å². The van der Waals surface area contributed by atoms with Gasteiger partial charge in [-0.05, 0) is 47.0 Å². The number of fused-ring (bicyclic) bond motifs is 1. The van der Waals surface area contributed by atoms with Crippen LogP contribution >= 0.6 is 27.5 Å². The van der Waals surface area contributed by atoms with E-state index in [2.05, 4.69) is 33.8 Å². The van der Waals surface area contributed by atoms with Crippen LogP contribution in [0, 0.1) is 0 Å². The molecular weight excluding hydrogens is 249 g/mol. The van der Waals surface area contributed by atoms with Crippen molar-refractivity contribution < 1.29 is 0 Å². The Balaban J connectivity index is 2.50. The highest BCUT2D eigenvalue weighted by atomic mass is 79.9. The van der Waals surface area contributed by atoms with Crippen LogP contribution in [0.2, 0.25) is 5.02 Å². The molecule has 1 aliphatic rings. The van der Waals surface area contributed by atoms with Gasteiger partial charge in [0.2, 0.25) is 0 Å². The van der Waals surface area contributed by atoms with E-state index in [4.69, 9.17) is 11.6 Å². The van der Waals surface area contributed by atoms with E-state index < -0.39 is 0 Å². The summed E-state index contributed by atoms with van der Waals surface area (Å²) in [6.45, 7) is 4.33. The zero-order valence-electron chi connectivity index (χ0n) is 7.48. The van der Waals surface area contributed by atoms with Crippen molar-refractivity contribution in [3.8, 4) is 0 Å². The normalized spacial score (nSPS) is 14.8. The first-order valence-corrected chi connectivity index (χ1v) is 5.63. The lowest BCUT2D eigenvalue weighted by Crippen LogP contribution is -2.18. The van der Waals surface area contributed by atoms with E-state index in [1.165, 1.54) is 11.3 Å². The predicted molar refractivity (Wildman–Crippen MR) is 60.7 cm³/mol. The van der Waals surface area contributed by atoms with Crippen LogP contribution in [0.3, 0.4) is 0 Å². The van der Waals surface area contributed by atoms with Crippen LogP contribution in [0.5, 0.6) is 0 Å². The molecule has 0 spiro atoms. The maximum absolute atomic E-state index is 6.19. The molecule has 0 saturated heterocycles. The van der Waals surface area contributed by atoms with E-state index in [-0.39, 0.29) is 0 Å². The van der Waals surface area contributed by atoms with Gasteiger partial charge in [0, 0.05) is 23.2 Å². The van der Waals surface area contributed by atoms with Crippen molar-refractivity contribution in [1.29, 1.82) is 0 Å². The Morgan fingerprint density at radius 3 is 3.00 bits per heavy atom. The van der Waals surface area contributed by atoms with Gasteiger partial charge in [0.25, 0.3) is 0 Å². The largest absolute Gasteiger partial charge is 0.371 e. The second-order valence-corrected chi connectivity index (χ2v) is 4.42. The highest BCUT2D eigenvalue weighted by molar-refractivity contribution is 9.10. The van der Waals surface area contributed by atoms with Gasteiger partial charge in [-0.3, -0.25) is 0 Å². The second kappa shape index (κ2) is 3.50. The molecule has 13 heavy (non-hydrogen) atoms. The Labute approximate surface area is 91.8 Å². The van der Waals surface area contributed by atoms with Crippen molar-refractivity contribution in [2.24, 2.45) is 0 Å². The van der Waals surface area contributed by atoms with Crippen LogP contribution in [0.15, 0.2) is 16.6 Å². The summed E-state index contributed by atoms with van der Waals surface area (Å²) < 4.78 is 1.01. The highest BCUT2D eigenvalue weighted by Gasteiger charge is 2.20. The van der Waals surface area contributed by atoms with Gasteiger partial charge in [0.15, 0.2) is 0 Å². The third-order valence-electron chi connectivity index (χ3n) is 2.53.